The van der Waals surface area contributed by atoms with Gasteiger partial charge in [0.1, 0.15) is 5.56 Å². The van der Waals surface area contributed by atoms with Crippen LogP contribution in [-0.4, -0.2) is 68.1 Å². The van der Waals surface area contributed by atoms with Crippen LogP contribution in [0.4, 0.5) is 0 Å². The molecule has 0 spiro atoms. The second kappa shape index (κ2) is 8.59. The first-order valence-corrected chi connectivity index (χ1v) is 7.08. The van der Waals surface area contributed by atoms with Gasteiger partial charge in [-0.3, -0.25) is 9.59 Å². The van der Waals surface area contributed by atoms with Crippen molar-refractivity contribution in [1.82, 2.24) is 14.8 Å². The molecular formula is C15H25N3O3. The van der Waals surface area contributed by atoms with Crippen LogP contribution in [0, 0.1) is 6.92 Å². The van der Waals surface area contributed by atoms with Crippen LogP contribution in [0.25, 0.3) is 0 Å². The number of nitrogens with zero attached hydrogens (tertiary/aromatic N) is 2. The van der Waals surface area contributed by atoms with E-state index < -0.39 is 0 Å². The molecule has 6 nitrogen and oxygen atoms in total. The Morgan fingerprint density at radius 1 is 1.29 bits per heavy atom. The molecule has 0 radical (unpaired) electrons. The van der Waals surface area contributed by atoms with Crippen LogP contribution in [0.15, 0.2) is 17.1 Å². The summed E-state index contributed by atoms with van der Waals surface area (Å²) in [7, 11) is 5.58. The third-order valence-electron chi connectivity index (χ3n) is 3.17. The van der Waals surface area contributed by atoms with Gasteiger partial charge in [0.25, 0.3) is 5.91 Å². The van der Waals surface area contributed by atoms with Crippen molar-refractivity contribution in [1.29, 1.82) is 0 Å². The van der Waals surface area contributed by atoms with Crippen LogP contribution in [-0.2, 0) is 4.74 Å². The molecule has 1 heterocycles. The fraction of sp³-hybridized carbons (Fsp3) is 0.600. The van der Waals surface area contributed by atoms with Gasteiger partial charge in [0.05, 0.1) is 6.61 Å². The topological polar surface area (TPSA) is 65.6 Å². The largest absolute Gasteiger partial charge is 0.383 e. The van der Waals surface area contributed by atoms with Gasteiger partial charge in [-0.1, -0.05) is 0 Å². The average Bonchev–Trinajstić information content (AvgIpc) is 2.41. The van der Waals surface area contributed by atoms with Crippen LogP contribution in [0.5, 0.6) is 0 Å². The summed E-state index contributed by atoms with van der Waals surface area (Å²) < 4.78 is 5.04. The molecule has 1 aromatic rings. The van der Waals surface area contributed by atoms with Crippen molar-refractivity contribution in [3.05, 3.63) is 33.7 Å². The highest BCUT2D eigenvalue weighted by Crippen LogP contribution is 2.02. The molecule has 118 valence electrons. The van der Waals surface area contributed by atoms with Gasteiger partial charge < -0.3 is 19.5 Å². The average molecular weight is 295 g/mol. The number of nitrogens with one attached hydrogen (secondary N) is 1. The number of hydrogen-bond donors (Lipinski definition) is 1. The highest BCUT2D eigenvalue weighted by Gasteiger charge is 2.18. The molecule has 1 amide bonds. The molecule has 0 unspecified atom stereocenters. The Morgan fingerprint density at radius 2 is 2.00 bits per heavy atom. The molecule has 1 aromatic heterocycles. The number of pyridine rings is 1. The van der Waals surface area contributed by atoms with Crippen LogP contribution < -0.4 is 5.43 Å². The van der Waals surface area contributed by atoms with E-state index in [2.05, 4.69) is 9.88 Å². The maximum absolute atomic E-state index is 12.5. The minimum absolute atomic E-state index is 0.182. The minimum Gasteiger partial charge on any atom is -0.383 e. The number of methoxy groups -OCH3 is 1. The smallest absolute Gasteiger partial charge is 0.259 e. The number of aryl methyl sites for hydroxylation is 1. The summed E-state index contributed by atoms with van der Waals surface area (Å²) in [6.07, 6.45) is 2.35. The van der Waals surface area contributed by atoms with Gasteiger partial charge in [0, 0.05) is 38.2 Å². The number of aromatic amines is 1. The fourth-order valence-corrected chi connectivity index (χ4v) is 2.00. The molecule has 1 rings (SSSR count). The first-order valence-electron chi connectivity index (χ1n) is 7.08. The molecule has 0 fully saturated rings. The number of carbonyl (C=O) groups is 1. The predicted octanol–water partition coefficient (Wildman–Crippen LogP) is 0.724. The van der Waals surface area contributed by atoms with Crippen molar-refractivity contribution >= 4 is 5.91 Å². The van der Waals surface area contributed by atoms with E-state index in [0.29, 0.717) is 19.7 Å². The highest BCUT2D eigenvalue weighted by molar-refractivity contribution is 5.93. The zero-order chi connectivity index (χ0) is 15.8. The second-order valence-corrected chi connectivity index (χ2v) is 5.34. The van der Waals surface area contributed by atoms with Gasteiger partial charge in [0.2, 0.25) is 0 Å². The first-order chi connectivity index (χ1) is 9.95. The Labute approximate surface area is 125 Å². The lowest BCUT2D eigenvalue weighted by Crippen LogP contribution is -2.38. The quantitative estimate of drug-likeness (QED) is 0.767. The summed E-state index contributed by atoms with van der Waals surface area (Å²) in [6, 6.07) is 1.45. The number of carbonyl (C=O) groups excluding carboxylic acids is 1. The van der Waals surface area contributed by atoms with Crippen molar-refractivity contribution in [2.75, 3.05) is 47.4 Å². The van der Waals surface area contributed by atoms with E-state index in [1.165, 1.54) is 12.3 Å². The summed E-state index contributed by atoms with van der Waals surface area (Å²) in [5, 5.41) is 0. The van der Waals surface area contributed by atoms with E-state index in [0.717, 1.165) is 18.7 Å². The van der Waals surface area contributed by atoms with Gasteiger partial charge in [-0.05, 0) is 34.0 Å². The van der Waals surface area contributed by atoms with E-state index in [4.69, 9.17) is 4.74 Å². The number of rotatable bonds is 8. The summed E-state index contributed by atoms with van der Waals surface area (Å²) in [4.78, 5) is 31.1. The van der Waals surface area contributed by atoms with Gasteiger partial charge in [0.15, 0.2) is 5.43 Å². The van der Waals surface area contributed by atoms with Crippen LogP contribution >= 0.6 is 0 Å². The predicted molar refractivity (Wildman–Crippen MR) is 82.8 cm³/mol. The number of H-pyrrole nitrogens is 1. The van der Waals surface area contributed by atoms with Gasteiger partial charge in [-0.15, -0.1) is 0 Å². The number of ether oxygens (including phenoxy) is 1. The fourth-order valence-electron chi connectivity index (χ4n) is 2.00. The third kappa shape index (κ3) is 5.69. The summed E-state index contributed by atoms with van der Waals surface area (Å²) in [5.74, 6) is -0.243. The summed E-state index contributed by atoms with van der Waals surface area (Å²) in [5.41, 5.74) is 0.681. The van der Waals surface area contributed by atoms with Gasteiger partial charge in [-0.25, -0.2) is 0 Å². The Bertz CT molecular complexity index is 511. The lowest BCUT2D eigenvalue weighted by atomic mass is 10.2. The standard InChI is InChI=1S/C15H25N3O3/c1-12-10-14(19)13(11-16-12)15(20)18(8-9-21-4)7-5-6-17(2)3/h10-11H,5-9H2,1-4H3,(H,16,19). The van der Waals surface area contributed by atoms with E-state index in [1.807, 2.05) is 14.1 Å². The van der Waals surface area contributed by atoms with Crippen LogP contribution in [0.3, 0.4) is 0 Å². The molecule has 21 heavy (non-hydrogen) atoms. The Hall–Kier alpha value is -1.66. The molecule has 0 saturated carbocycles. The van der Waals surface area contributed by atoms with Crippen LogP contribution in [0.1, 0.15) is 22.5 Å². The van der Waals surface area contributed by atoms with Gasteiger partial charge in [-0.2, -0.15) is 0 Å². The zero-order valence-electron chi connectivity index (χ0n) is 13.3. The van der Waals surface area contributed by atoms with E-state index in [1.54, 1.807) is 18.9 Å². The Kier molecular flexibility index (Phi) is 7.11. The Morgan fingerprint density at radius 3 is 2.57 bits per heavy atom. The molecule has 0 aromatic carbocycles. The van der Waals surface area contributed by atoms with E-state index >= 15 is 0 Å². The molecule has 0 bridgehead atoms. The van der Waals surface area contributed by atoms with Gasteiger partial charge >= 0.3 is 0 Å². The monoisotopic (exact) mass is 295 g/mol. The maximum Gasteiger partial charge on any atom is 0.259 e. The van der Waals surface area contributed by atoms with E-state index in [9.17, 15) is 9.59 Å². The van der Waals surface area contributed by atoms with Crippen molar-refractivity contribution in [2.45, 2.75) is 13.3 Å². The highest BCUT2D eigenvalue weighted by atomic mass is 16.5. The molecule has 0 atom stereocenters. The summed E-state index contributed by atoms with van der Waals surface area (Å²) >= 11 is 0. The molecule has 1 N–H and O–H groups in total. The van der Waals surface area contributed by atoms with Crippen molar-refractivity contribution in [3.8, 4) is 0 Å². The second-order valence-electron chi connectivity index (χ2n) is 5.34. The van der Waals surface area contributed by atoms with Crippen molar-refractivity contribution in [2.24, 2.45) is 0 Å². The SMILES string of the molecule is COCCN(CCCN(C)C)C(=O)c1c[nH]c(C)cc1=O. The molecule has 0 aliphatic carbocycles. The third-order valence-corrected chi connectivity index (χ3v) is 3.17. The molecule has 6 heteroatoms. The summed E-state index contributed by atoms with van der Waals surface area (Å²) in [6.45, 7) is 4.22. The maximum atomic E-state index is 12.5. The lowest BCUT2D eigenvalue weighted by molar-refractivity contribution is 0.0687. The van der Waals surface area contributed by atoms with E-state index in [-0.39, 0.29) is 16.9 Å². The normalized spacial score (nSPS) is 10.9. The molecule has 0 saturated heterocycles. The molecule has 0 aliphatic heterocycles. The lowest BCUT2D eigenvalue weighted by Gasteiger charge is -2.23. The number of aromatic nitrogens is 1. The van der Waals surface area contributed by atoms with Crippen LogP contribution in [0.2, 0.25) is 0 Å². The van der Waals surface area contributed by atoms with Crippen molar-refractivity contribution in [3.63, 3.8) is 0 Å². The Balaban J connectivity index is 2.80. The van der Waals surface area contributed by atoms with Crippen molar-refractivity contribution < 1.29 is 9.53 Å². The first kappa shape index (κ1) is 17.4. The molecule has 0 aliphatic rings. The zero-order valence-corrected chi connectivity index (χ0v) is 13.3. The minimum atomic E-state index is -0.244. The molecular weight excluding hydrogens is 270 g/mol. The number of amides is 1. The number of hydrogen-bond acceptors (Lipinski definition) is 4.